The van der Waals surface area contributed by atoms with Gasteiger partial charge in [0.05, 0.1) is 16.9 Å². The van der Waals surface area contributed by atoms with Gasteiger partial charge in [0.25, 0.3) is 10.0 Å². The molecular weight excluding hydrogens is 264 g/mol. The Morgan fingerprint density at radius 2 is 2.12 bits per heavy atom. The molecule has 0 aliphatic heterocycles. The maximum absolute atomic E-state index is 11.8. The van der Waals surface area contributed by atoms with Crippen LogP contribution in [-0.2, 0) is 10.0 Å². The molecule has 2 rings (SSSR count). The van der Waals surface area contributed by atoms with Crippen LogP contribution in [-0.4, -0.2) is 18.6 Å². The first kappa shape index (κ1) is 11.7. The Labute approximate surface area is 103 Å². The van der Waals surface area contributed by atoms with Crippen LogP contribution in [0.1, 0.15) is 0 Å². The number of aromatic nitrogens is 2. The summed E-state index contributed by atoms with van der Waals surface area (Å²) < 4.78 is 26.0. The first-order valence-corrected chi connectivity index (χ1v) is 6.42. The monoisotopic (exact) mass is 272 g/mol. The molecule has 0 amide bonds. The van der Waals surface area contributed by atoms with Gasteiger partial charge in [-0.2, -0.15) is 13.5 Å². The maximum atomic E-state index is 11.8. The van der Waals surface area contributed by atoms with Crippen molar-refractivity contribution in [3.63, 3.8) is 0 Å². The van der Waals surface area contributed by atoms with E-state index in [1.165, 1.54) is 24.4 Å². The standard InChI is InChI=1S/C9H9ClN4O2S/c10-7-5-6(11)1-2-8(7)14-17(15,16)9-3-4-12-13-9/h1-5,14H,11H2,(H,12,13). The molecule has 17 heavy (non-hydrogen) atoms. The lowest BCUT2D eigenvalue weighted by Gasteiger charge is -2.08. The molecular formula is C9H9ClN4O2S. The SMILES string of the molecule is Nc1ccc(NS(=O)(=O)c2ccn[nH]2)c(Cl)c1. The summed E-state index contributed by atoms with van der Waals surface area (Å²) in [4.78, 5) is 0. The van der Waals surface area contributed by atoms with Gasteiger partial charge in [-0.1, -0.05) is 11.6 Å². The van der Waals surface area contributed by atoms with Crippen molar-refractivity contribution in [2.75, 3.05) is 10.5 Å². The number of sulfonamides is 1. The lowest BCUT2D eigenvalue weighted by molar-refractivity contribution is 0.597. The number of anilines is 2. The van der Waals surface area contributed by atoms with Crippen molar-refractivity contribution in [2.45, 2.75) is 5.03 Å². The highest BCUT2D eigenvalue weighted by Gasteiger charge is 2.16. The van der Waals surface area contributed by atoms with Crippen LogP contribution < -0.4 is 10.5 Å². The molecule has 2 aromatic rings. The number of nitrogens with two attached hydrogens (primary N) is 1. The Balaban J connectivity index is 2.33. The van der Waals surface area contributed by atoms with E-state index in [9.17, 15) is 8.42 Å². The summed E-state index contributed by atoms with van der Waals surface area (Å²) in [5, 5.41) is 6.12. The van der Waals surface area contributed by atoms with E-state index < -0.39 is 10.0 Å². The van der Waals surface area contributed by atoms with Gasteiger partial charge in [-0.15, -0.1) is 0 Å². The Morgan fingerprint density at radius 3 is 2.71 bits per heavy atom. The number of halogens is 1. The van der Waals surface area contributed by atoms with Crippen molar-refractivity contribution in [1.82, 2.24) is 10.2 Å². The number of hydrogen-bond donors (Lipinski definition) is 3. The highest BCUT2D eigenvalue weighted by Crippen LogP contribution is 2.26. The van der Waals surface area contributed by atoms with Gasteiger partial charge in [0.15, 0.2) is 5.03 Å². The van der Waals surface area contributed by atoms with Gasteiger partial charge in [0.1, 0.15) is 0 Å². The van der Waals surface area contributed by atoms with Crippen molar-refractivity contribution >= 4 is 33.0 Å². The fraction of sp³-hybridized carbons (Fsp3) is 0. The quantitative estimate of drug-likeness (QED) is 0.736. The number of hydrogen-bond acceptors (Lipinski definition) is 4. The van der Waals surface area contributed by atoms with E-state index >= 15 is 0 Å². The minimum absolute atomic E-state index is 0.0367. The van der Waals surface area contributed by atoms with E-state index in [4.69, 9.17) is 17.3 Å². The van der Waals surface area contributed by atoms with Gasteiger partial charge in [-0.05, 0) is 24.3 Å². The average molecular weight is 273 g/mol. The Bertz CT molecular complexity index is 624. The largest absolute Gasteiger partial charge is 0.399 e. The summed E-state index contributed by atoms with van der Waals surface area (Å²) in [6.45, 7) is 0. The van der Waals surface area contributed by atoms with Crippen LogP contribution >= 0.6 is 11.6 Å². The van der Waals surface area contributed by atoms with Gasteiger partial charge in [0, 0.05) is 5.69 Å². The van der Waals surface area contributed by atoms with Gasteiger partial charge in [-0.25, -0.2) is 0 Å². The third-order valence-corrected chi connectivity index (χ3v) is 3.61. The third kappa shape index (κ3) is 2.51. The van der Waals surface area contributed by atoms with Crippen molar-refractivity contribution in [1.29, 1.82) is 0 Å². The van der Waals surface area contributed by atoms with Crippen LogP contribution in [0.4, 0.5) is 11.4 Å². The van der Waals surface area contributed by atoms with Crippen LogP contribution in [0.25, 0.3) is 0 Å². The van der Waals surface area contributed by atoms with Crippen molar-refractivity contribution in [3.05, 3.63) is 35.5 Å². The maximum Gasteiger partial charge on any atom is 0.278 e. The molecule has 1 aromatic carbocycles. The molecule has 0 bridgehead atoms. The first-order valence-electron chi connectivity index (χ1n) is 4.56. The fourth-order valence-corrected chi connectivity index (χ4v) is 2.49. The van der Waals surface area contributed by atoms with E-state index in [1.807, 2.05) is 0 Å². The van der Waals surface area contributed by atoms with Gasteiger partial charge < -0.3 is 5.73 Å². The second kappa shape index (κ2) is 4.27. The zero-order valence-corrected chi connectivity index (χ0v) is 10.1. The summed E-state index contributed by atoms with van der Waals surface area (Å²) >= 11 is 5.86. The average Bonchev–Trinajstić information content (AvgIpc) is 2.76. The van der Waals surface area contributed by atoms with Gasteiger partial charge in [0.2, 0.25) is 0 Å². The number of nitrogens with zero attached hydrogens (tertiary/aromatic N) is 1. The van der Waals surface area contributed by atoms with Crippen LogP contribution in [0.5, 0.6) is 0 Å². The number of nitrogens with one attached hydrogen (secondary N) is 2. The molecule has 0 spiro atoms. The van der Waals surface area contributed by atoms with Crippen LogP contribution in [0, 0.1) is 0 Å². The molecule has 0 atom stereocenters. The molecule has 1 heterocycles. The van der Waals surface area contributed by atoms with E-state index in [0.717, 1.165) is 0 Å². The highest BCUT2D eigenvalue weighted by atomic mass is 35.5. The summed E-state index contributed by atoms with van der Waals surface area (Å²) in [6.07, 6.45) is 1.35. The molecule has 0 saturated carbocycles. The second-order valence-corrected chi connectivity index (χ2v) is 5.32. The Kier molecular flexibility index (Phi) is 2.95. The molecule has 4 N–H and O–H groups in total. The topological polar surface area (TPSA) is 101 Å². The summed E-state index contributed by atoms with van der Waals surface area (Å²) in [5.74, 6) is 0. The predicted molar refractivity (Wildman–Crippen MR) is 65.3 cm³/mol. The molecule has 0 aliphatic carbocycles. The van der Waals surface area contributed by atoms with Crippen LogP contribution in [0.2, 0.25) is 5.02 Å². The van der Waals surface area contributed by atoms with Crippen LogP contribution in [0.3, 0.4) is 0 Å². The van der Waals surface area contributed by atoms with Crippen LogP contribution in [0.15, 0.2) is 35.5 Å². The van der Waals surface area contributed by atoms with Crippen molar-refractivity contribution in [2.24, 2.45) is 0 Å². The molecule has 1 aromatic heterocycles. The number of benzene rings is 1. The zero-order chi connectivity index (χ0) is 12.5. The minimum Gasteiger partial charge on any atom is -0.399 e. The molecule has 90 valence electrons. The molecule has 0 saturated heterocycles. The molecule has 8 heteroatoms. The first-order chi connectivity index (χ1) is 7.99. The van der Waals surface area contributed by atoms with Gasteiger partial charge >= 0.3 is 0 Å². The van der Waals surface area contributed by atoms with E-state index in [1.54, 1.807) is 6.07 Å². The lowest BCUT2D eigenvalue weighted by atomic mass is 10.3. The third-order valence-electron chi connectivity index (χ3n) is 2.00. The summed E-state index contributed by atoms with van der Waals surface area (Å²) in [6, 6.07) is 5.85. The van der Waals surface area contributed by atoms with E-state index in [0.29, 0.717) is 5.69 Å². The van der Waals surface area contributed by atoms with E-state index in [2.05, 4.69) is 14.9 Å². The number of rotatable bonds is 3. The number of nitrogen functional groups attached to an aromatic ring is 1. The molecule has 6 nitrogen and oxygen atoms in total. The van der Waals surface area contributed by atoms with Crippen molar-refractivity contribution < 1.29 is 8.42 Å². The lowest BCUT2D eigenvalue weighted by Crippen LogP contribution is -2.13. The van der Waals surface area contributed by atoms with Crippen molar-refractivity contribution in [3.8, 4) is 0 Å². The smallest absolute Gasteiger partial charge is 0.278 e. The Morgan fingerprint density at radius 1 is 1.35 bits per heavy atom. The molecule has 0 fully saturated rings. The number of aromatic amines is 1. The van der Waals surface area contributed by atoms with Gasteiger partial charge in [-0.3, -0.25) is 9.82 Å². The number of H-pyrrole nitrogens is 1. The second-order valence-electron chi connectivity index (χ2n) is 3.27. The Hall–Kier alpha value is -1.73. The normalized spacial score (nSPS) is 11.4. The minimum atomic E-state index is -3.70. The highest BCUT2D eigenvalue weighted by molar-refractivity contribution is 7.92. The molecule has 0 radical (unpaired) electrons. The molecule has 0 aliphatic rings. The van der Waals surface area contributed by atoms with E-state index in [-0.39, 0.29) is 15.7 Å². The summed E-state index contributed by atoms with van der Waals surface area (Å²) in [5.41, 5.74) is 6.23. The zero-order valence-electron chi connectivity index (χ0n) is 8.51. The predicted octanol–water partition coefficient (Wildman–Crippen LogP) is 1.45. The molecule has 0 unspecified atom stereocenters. The summed E-state index contributed by atoms with van der Waals surface area (Å²) in [7, 11) is -3.70. The fourth-order valence-electron chi connectivity index (χ4n) is 1.21.